The van der Waals surface area contributed by atoms with E-state index in [4.69, 9.17) is 0 Å². The van der Waals surface area contributed by atoms with Crippen molar-refractivity contribution in [3.8, 4) is 0 Å². The summed E-state index contributed by atoms with van der Waals surface area (Å²) in [4.78, 5) is 10.3. The van der Waals surface area contributed by atoms with Crippen molar-refractivity contribution in [2.75, 3.05) is 51.1 Å². The number of benzene rings is 2. The lowest BCUT2D eigenvalue weighted by Gasteiger charge is -2.50. The number of hydrogen-bond donors (Lipinski definition) is 0. The molecule has 6 rings (SSSR count). The Morgan fingerprint density at radius 1 is 0.643 bits per heavy atom. The van der Waals surface area contributed by atoms with Gasteiger partial charge >= 0.3 is 0 Å². The van der Waals surface area contributed by atoms with E-state index in [0.29, 0.717) is 12.3 Å². The van der Waals surface area contributed by atoms with E-state index in [1.807, 2.05) is 0 Å². The molecule has 0 aromatic heterocycles. The van der Waals surface area contributed by atoms with Crippen LogP contribution >= 0.6 is 0 Å². The van der Waals surface area contributed by atoms with Gasteiger partial charge in [0.15, 0.2) is 0 Å². The lowest BCUT2D eigenvalue weighted by atomic mass is 9.55. The summed E-state index contributed by atoms with van der Waals surface area (Å²) in [7, 11) is 9.26. The number of anilines is 2. The van der Waals surface area contributed by atoms with Crippen LogP contribution in [0.25, 0.3) is 0 Å². The maximum Gasteiger partial charge on any atom is 0.0924 e. The topological polar surface area (TPSA) is 13.0 Å². The van der Waals surface area contributed by atoms with Gasteiger partial charge in [-0.25, -0.2) is 0 Å². The third-order valence-electron chi connectivity index (χ3n) is 8.49. The molecular formula is C24H30N4. The second kappa shape index (κ2) is 5.31. The van der Waals surface area contributed by atoms with Gasteiger partial charge in [0, 0.05) is 49.4 Å². The standard InChI is InChI=1S/C24H30N4/c1-25-15-13-23(17-9-5-7-11-19(17)27(3)21(23)25)24-14-16-26(2)22(24)28(4)20-12-8-6-10-18(20)24/h5-12,21-22H,13-16H2,1-4H3/t21-,22-,23-,24-/m1/s1. The number of para-hydroxylation sites is 2. The highest BCUT2D eigenvalue weighted by Crippen LogP contribution is 2.68. The summed E-state index contributed by atoms with van der Waals surface area (Å²) in [5.41, 5.74) is 6.21. The molecule has 0 unspecified atom stereocenters. The van der Waals surface area contributed by atoms with Crippen LogP contribution in [0.1, 0.15) is 24.0 Å². The third-order valence-corrected chi connectivity index (χ3v) is 8.49. The molecule has 4 aliphatic rings. The highest BCUT2D eigenvalue weighted by atomic mass is 15.4. The van der Waals surface area contributed by atoms with Crippen LogP contribution in [0.2, 0.25) is 0 Å². The molecule has 146 valence electrons. The van der Waals surface area contributed by atoms with Gasteiger partial charge in [-0.2, -0.15) is 0 Å². The van der Waals surface area contributed by atoms with Crippen molar-refractivity contribution in [1.82, 2.24) is 9.80 Å². The zero-order chi connectivity index (χ0) is 19.3. The highest BCUT2D eigenvalue weighted by Gasteiger charge is 2.72. The number of rotatable bonds is 1. The molecule has 2 fully saturated rings. The lowest BCUT2D eigenvalue weighted by molar-refractivity contribution is 0.126. The Kier molecular flexibility index (Phi) is 3.20. The van der Waals surface area contributed by atoms with Gasteiger partial charge in [0.2, 0.25) is 0 Å². The summed E-state index contributed by atoms with van der Waals surface area (Å²) in [6.45, 7) is 2.32. The second-order valence-electron chi connectivity index (χ2n) is 9.41. The van der Waals surface area contributed by atoms with Gasteiger partial charge in [-0.1, -0.05) is 36.4 Å². The van der Waals surface area contributed by atoms with E-state index < -0.39 is 0 Å². The Morgan fingerprint density at radius 2 is 1.04 bits per heavy atom. The first kappa shape index (κ1) is 16.9. The summed E-state index contributed by atoms with van der Waals surface area (Å²) in [5.74, 6) is 0. The van der Waals surface area contributed by atoms with Crippen molar-refractivity contribution in [3.63, 3.8) is 0 Å². The Balaban J connectivity index is 1.71. The molecular weight excluding hydrogens is 344 g/mol. The number of fused-ring (bicyclic) bond motifs is 7. The van der Waals surface area contributed by atoms with Crippen LogP contribution in [0.3, 0.4) is 0 Å². The molecule has 0 N–H and O–H groups in total. The Hall–Kier alpha value is -2.04. The minimum atomic E-state index is 0.114. The predicted octanol–water partition coefficient (Wildman–Crippen LogP) is 3.09. The Morgan fingerprint density at radius 3 is 1.46 bits per heavy atom. The maximum absolute atomic E-state index is 2.60. The number of nitrogens with zero attached hydrogens (tertiary/aromatic N) is 4. The van der Waals surface area contributed by atoms with Crippen molar-refractivity contribution in [2.45, 2.75) is 36.0 Å². The SMILES string of the molecule is CN1CC[C@@]2([C@@]34CCN(C)[C@@H]3N(C)c3ccccc34)c3ccccc3N(C)[C@@H]12. The molecule has 0 aliphatic carbocycles. The molecule has 4 atom stereocenters. The van der Waals surface area contributed by atoms with Crippen LogP contribution in [-0.4, -0.2) is 63.4 Å². The molecule has 2 saturated heterocycles. The van der Waals surface area contributed by atoms with Crippen molar-refractivity contribution < 1.29 is 0 Å². The molecule has 4 nitrogen and oxygen atoms in total. The first-order valence-electron chi connectivity index (χ1n) is 10.6. The summed E-state index contributed by atoms with van der Waals surface area (Å²) in [6.07, 6.45) is 3.28. The normalized spacial score (nSPS) is 36.6. The van der Waals surface area contributed by atoms with E-state index in [9.17, 15) is 0 Å². The van der Waals surface area contributed by atoms with E-state index in [2.05, 4.69) is 96.3 Å². The molecule has 28 heavy (non-hydrogen) atoms. The minimum absolute atomic E-state index is 0.114. The van der Waals surface area contributed by atoms with E-state index in [-0.39, 0.29) is 10.8 Å². The average Bonchev–Trinajstić information content (AvgIpc) is 3.39. The number of hydrogen-bond acceptors (Lipinski definition) is 4. The number of likely N-dealkylation sites (tertiary alicyclic amines) is 2. The van der Waals surface area contributed by atoms with Crippen molar-refractivity contribution in [3.05, 3.63) is 59.7 Å². The van der Waals surface area contributed by atoms with Crippen LogP contribution in [0, 0.1) is 0 Å². The third kappa shape index (κ3) is 1.60. The quantitative estimate of drug-likeness (QED) is 0.760. The smallest absolute Gasteiger partial charge is 0.0924 e. The van der Waals surface area contributed by atoms with E-state index in [1.54, 1.807) is 11.1 Å². The van der Waals surface area contributed by atoms with Crippen molar-refractivity contribution in [2.24, 2.45) is 0 Å². The predicted molar refractivity (Wildman–Crippen MR) is 115 cm³/mol. The summed E-state index contributed by atoms with van der Waals surface area (Å²) in [6, 6.07) is 18.4. The molecule has 4 heterocycles. The van der Waals surface area contributed by atoms with Gasteiger partial charge in [0.25, 0.3) is 0 Å². The summed E-state index contributed by atoms with van der Waals surface area (Å²) < 4.78 is 0. The van der Waals surface area contributed by atoms with Crippen molar-refractivity contribution >= 4 is 11.4 Å². The van der Waals surface area contributed by atoms with Gasteiger partial charge in [-0.15, -0.1) is 0 Å². The van der Waals surface area contributed by atoms with Crippen LogP contribution in [0.15, 0.2) is 48.5 Å². The average molecular weight is 375 g/mol. The largest absolute Gasteiger partial charge is 0.358 e. The van der Waals surface area contributed by atoms with Crippen LogP contribution in [0.5, 0.6) is 0 Å². The Bertz CT molecular complexity index is 880. The fourth-order valence-corrected chi connectivity index (χ4v) is 7.73. The molecule has 0 saturated carbocycles. The molecule has 0 bridgehead atoms. The van der Waals surface area contributed by atoms with Gasteiger partial charge < -0.3 is 9.80 Å². The number of likely N-dealkylation sites (N-methyl/N-ethyl adjacent to an activating group) is 4. The zero-order valence-electron chi connectivity index (χ0n) is 17.4. The summed E-state index contributed by atoms with van der Waals surface area (Å²) >= 11 is 0. The molecule has 2 aromatic carbocycles. The molecule has 0 spiro atoms. The Labute approximate surface area is 168 Å². The van der Waals surface area contributed by atoms with Gasteiger partial charge in [-0.05, 0) is 50.2 Å². The monoisotopic (exact) mass is 374 g/mol. The maximum atomic E-state index is 2.60. The fraction of sp³-hybridized carbons (Fsp3) is 0.500. The first-order valence-corrected chi connectivity index (χ1v) is 10.6. The highest BCUT2D eigenvalue weighted by molar-refractivity contribution is 5.73. The van der Waals surface area contributed by atoms with Crippen molar-refractivity contribution in [1.29, 1.82) is 0 Å². The van der Waals surface area contributed by atoms with E-state index >= 15 is 0 Å². The van der Waals surface area contributed by atoms with Crippen LogP contribution in [0.4, 0.5) is 11.4 Å². The van der Waals surface area contributed by atoms with Crippen LogP contribution in [-0.2, 0) is 10.8 Å². The zero-order valence-corrected chi connectivity index (χ0v) is 17.4. The second-order valence-corrected chi connectivity index (χ2v) is 9.41. The molecule has 0 radical (unpaired) electrons. The lowest BCUT2D eigenvalue weighted by Crippen LogP contribution is -2.62. The van der Waals surface area contributed by atoms with Gasteiger partial charge in [-0.3, -0.25) is 9.80 Å². The van der Waals surface area contributed by atoms with E-state index in [1.165, 1.54) is 24.2 Å². The minimum Gasteiger partial charge on any atom is -0.358 e. The van der Waals surface area contributed by atoms with Crippen LogP contribution < -0.4 is 9.80 Å². The first-order chi connectivity index (χ1) is 13.5. The van der Waals surface area contributed by atoms with Gasteiger partial charge in [0.05, 0.1) is 12.3 Å². The van der Waals surface area contributed by atoms with E-state index in [0.717, 1.165) is 13.1 Å². The molecule has 4 aliphatic heterocycles. The fourth-order valence-electron chi connectivity index (χ4n) is 7.73. The van der Waals surface area contributed by atoms with Gasteiger partial charge in [0.1, 0.15) is 0 Å². The molecule has 2 aromatic rings. The summed E-state index contributed by atoms with van der Waals surface area (Å²) in [5, 5.41) is 0. The molecule has 4 heteroatoms. The molecule has 0 amide bonds.